The molecule has 3 rings (SSSR count). The number of carbonyl (C=O) groups is 1. The van der Waals surface area contributed by atoms with Crippen LogP contribution in [0.25, 0.3) is 0 Å². The smallest absolute Gasteiger partial charge is 0.227 e. The Morgan fingerprint density at radius 2 is 2.22 bits per heavy atom. The van der Waals surface area contributed by atoms with Crippen molar-refractivity contribution in [2.75, 3.05) is 26.7 Å². The van der Waals surface area contributed by atoms with Crippen molar-refractivity contribution in [3.8, 4) is 5.75 Å². The van der Waals surface area contributed by atoms with Crippen LogP contribution in [0.3, 0.4) is 0 Å². The first-order valence-corrected chi connectivity index (χ1v) is 7.81. The van der Waals surface area contributed by atoms with Gasteiger partial charge in [-0.15, -0.1) is 0 Å². The van der Waals surface area contributed by atoms with Crippen LogP contribution in [0, 0.1) is 0 Å². The number of pyridine rings is 1. The second kappa shape index (κ2) is 7.24. The van der Waals surface area contributed by atoms with E-state index in [9.17, 15) is 4.79 Å². The summed E-state index contributed by atoms with van der Waals surface area (Å²) in [5.41, 5.74) is 1.98. The number of aromatic nitrogens is 1. The molecule has 1 aliphatic heterocycles. The fourth-order valence-corrected chi connectivity index (χ4v) is 2.99. The minimum Gasteiger partial charge on any atom is -0.496 e. The maximum Gasteiger partial charge on any atom is 0.227 e. The van der Waals surface area contributed by atoms with Crippen LogP contribution in [0.1, 0.15) is 17.2 Å². The van der Waals surface area contributed by atoms with Crippen molar-refractivity contribution < 1.29 is 9.53 Å². The topological polar surface area (TPSA) is 54.5 Å². The molecule has 0 spiro atoms. The second-order valence-corrected chi connectivity index (χ2v) is 5.58. The van der Waals surface area contributed by atoms with Gasteiger partial charge in [-0.2, -0.15) is 0 Å². The minimum absolute atomic E-state index is 0.0275. The molecule has 1 aromatic carbocycles. The lowest BCUT2D eigenvalue weighted by Gasteiger charge is -2.36. The molecular formula is C18H21N3O2. The number of hydrogen-bond acceptors (Lipinski definition) is 4. The highest BCUT2D eigenvalue weighted by Crippen LogP contribution is 2.24. The zero-order valence-electron chi connectivity index (χ0n) is 13.2. The first-order chi connectivity index (χ1) is 11.3. The number of carbonyl (C=O) groups excluding carboxylic acids is 1. The summed E-state index contributed by atoms with van der Waals surface area (Å²) in [4.78, 5) is 19.0. The van der Waals surface area contributed by atoms with Crippen LogP contribution in [0.2, 0.25) is 0 Å². The van der Waals surface area contributed by atoms with Crippen molar-refractivity contribution in [1.82, 2.24) is 15.2 Å². The number of benzene rings is 1. The number of para-hydroxylation sites is 1. The molecule has 0 saturated carbocycles. The molecule has 1 aromatic heterocycles. The van der Waals surface area contributed by atoms with Crippen molar-refractivity contribution in [2.24, 2.45) is 0 Å². The molecule has 5 heteroatoms. The molecule has 0 radical (unpaired) electrons. The molecule has 1 saturated heterocycles. The van der Waals surface area contributed by atoms with Crippen LogP contribution in [-0.2, 0) is 11.2 Å². The molecule has 5 nitrogen and oxygen atoms in total. The summed E-state index contributed by atoms with van der Waals surface area (Å²) in [7, 11) is 1.63. The number of amides is 1. The number of methoxy groups -OCH3 is 1. The van der Waals surface area contributed by atoms with Gasteiger partial charge in [-0.05, 0) is 17.7 Å². The SMILES string of the molecule is COc1ccccc1CC(=O)N1CCNCC1c1cccnc1. The van der Waals surface area contributed by atoms with Gasteiger partial charge in [-0.3, -0.25) is 9.78 Å². The summed E-state index contributed by atoms with van der Waals surface area (Å²) in [6.07, 6.45) is 3.93. The van der Waals surface area contributed by atoms with E-state index in [1.54, 1.807) is 13.3 Å². The lowest BCUT2D eigenvalue weighted by molar-refractivity contribution is -0.133. The Labute approximate surface area is 136 Å². The van der Waals surface area contributed by atoms with Crippen LogP contribution < -0.4 is 10.1 Å². The van der Waals surface area contributed by atoms with E-state index in [0.717, 1.165) is 30.0 Å². The zero-order valence-corrected chi connectivity index (χ0v) is 13.2. The summed E-state index contributed by atoms with van der Waals surface area (Å²) >= 11 is 0. The van der Waals surface area contributed by atoms with E-state index in [4.69, 9.17) is 4.74 Å². The van der Waals surface area contributed by atoms with Crippen LogP contribution in [0.15, 0.2) is 48.8 Å². The largest absolute Gasteiger partial charge is 0.496 e. The van der Waals surface area contributed by atoms with Crippen LogP contribution >= 0.6 is 0 Å². The fraction of sp³-hybridized carbons (Fsp3) is 0.333. The van der Waals surface area contributed by atoms with Crippen molar-refractivity contribution in [3.63, 3.8) is 0 Å². The number of ether oxygens (including phenoxy) is 1. The van der Waals surface area contributed by atoms with E-state index in [1.807, 2.05) is 47.5 Å². The van der Waals surface area contributed by atoms with Crippen molar-refractivity contribution in [2.45, 2.75) is 12.5 Å². The van der Waals surface area contributed by atoms with Gasteiger partial charge in [-0.25, -0.2) is 0 Å². The number of nitrogens with zero attached hydrogens (tertiary/aromatic N) is 2. The van der Waals surface area contributed by atoms with Crippen LogP contribution in [0.4, 0.5) is 0 Å². The highest BCUT2D eigenvalue weighted by Gasteiger charge is 2.28. The Balaban J connectivity index is 1.79. The van der Waals surface area contributed by atoms with Crippen LogP contribution in [-0.4, -0.2) is 42.5 Å². The van der Waals surface area contributed by atoms with Crippen molar-refractivity contribution >= 4 is 5.91 Å². The molecule has 0 bridgehead atoms. The highest BCUT2D eigenvalue weighted by atomic mass is 16.5. The van der Waals surface area contributed by atoms with Gasteiger partial charge in [-0.1, -0.05) is 24.3 Å². The highest BCUT2D eigenvalue weighted by molar-refractivity contribution is 5.80. The minimum atomic E-state index is 0.0275. The average Bonchev–Trinajstić information content (AvgIpc) is 2.63. The molecule has 23 heavy (non-hydrogen) atoms. The van der Waals surface area contributed by atoms with Gasteiger partial charge in [0.1, 0.15) is 5.75 Å². The van der Waals surface area contributed by atoms with Gasteiger partial charge in [0.15, 0.2) is 0 Å². The second-order valence-electron chi connectivity index (χ2n) is 5.58. The quantitative estimate of drug-likeness (QED) is 0.935. The average molecular weight is 311 g/mol. The van der Waals surface area contributed by atoms with Gasteiger partial charge in [0, 0.05) is 37.6 Å². The van der Waals surface area contributed by atoms with E-state index >= 15 is 0 Å². The Hall–Kier alpha value is -2.40. The molecule has 2 heterocycles. The summed E-state index contributed by atoms with van der Waals surface area (Å²) < 4.78 is 5.35. The molecule has 1 aliphatic rings. The normalized spacial score (nSPS) is 17.8. The summed E-state index contributed by atoms with van der Waals surface area (Å²) in [6, 6.07) is 11.6. The molecule has 120 valence electrons. The molecule has 2 aromatic rings. The Kier molecular flexibility index (Phi) is 4.88. The van der Waals surface area contributed by atoms with E-state index in [1.165, 1.54) is 0 Å². The van der Waals surface area contributed by atoms with Gasteiger partial charge in [0.05, 0.1) is 19.6 Å². The number of piperazine rings is 1. The third-order valence-electron chi connectivity index (χ3n) is 4.17. The monoisotopic (exact) mass is 311 g/mol. The molecule has 1 amide bonds. The van der Waals surface area contributed by atoms with Gasteiger partial charge < -0.3 is 15.0 Å². The lowest BCUT2D eigenvalue weighted by atomic mass is 10.0. The van der Waals surface area contributed by atoms with E-state index in [2.05, 4.69) is 10.3 Å². The summed E-state index contributed by atoms with van der Waals surface area (Å²) in [5.74, 6) is 0.874. The molecule has 1 unspecified atom stereocenters. The Morgan fingerprint density at radius 3 is 3.00 bits per heavy atom. The molecular weight excluding hydrogens is 290 g/mol. The third kappa shape index (κ3) is 3.51. The number of nitrogens with one attached hydrogen (secondary N) is 1. The summed E-state index contributed by atoms with van der Waals surface area (Å²) in [5, 5.41) is 3.36. The maximum atomic E-state index is 12.8. The number of rotatable bonds is 4. The molecule has 1 N–H and O–H groups in total. The Morgan fingerprint density at radius 1 is 1.35 bits per heavy atom. The molecule has 1 fully saturated rings. The predicted octanol–water partition coefficient (Wildman–Crippen LogP) is 1.81. The van der Waals surface area contributed by atoms with Gasteiger partial charge in [0.25, 0.3) is 0 Å². The van der Waals surface area contributed by atoms with E-state index in [-0.39, 0.29) is 11.9 Å². The van der Waals surface area contributed by atoms with Crippen LogP contribution in [0.5, 0.6) is 5.75 Å². The fourth-order valence-electron chi connectivity index (χ4n) is 2.99. The predicted molar refractivity (Wildman–Crippen MR) is 88.3 cm³/mol. The third-order valence-corrected chi connectivity index (χ3v) is 4.17. The zero-order chi connectivity index (χ0) is 16.1. The standard InChI is InChI=1S/C18H21N3O2/c1-23-17-7-3-2-5-14(17)11-18(22)21-10-9-20-13-16(21)15-6-4-8-19-12-15/h2-8,12,16,20H,9-11,13H2,1H3. The van der Waals surface area contributed by atoms with E-state index < -0.39 is 0 Å². The van der Waals surface area contributed by atoms with Crippen molar-refractivity contribution in [3.05, 3.63) is 59.9 Å². The molecule has 0 aliphatic carbocycles. The van der Waals surface area contributed by atoms with E-state index in [0.29, 0.717) is 13.0 Å². The van der Waals surface area contributed by atoms with Crippen molar-refractivity contribution in [1.29, 1.82) is 0 Å². The van der Waals surface area contributed by atoms with Gasteiger partial charge >= 0.3 is 0 Å². The Bertz CT molecular complexity index is 660. The first kappa shape index (κ1) is 15.5. The first-order valence-electron chi connectivity index (χ1n) is 7.81. The lowest BCUT2D eigenvalue weighted by Crippen LogP contribution is -2.49. The van der Waals surface area contributed by atoms with Gasteiger partial charge in [0.2, 0.25) is 5.91 Å². The maximum absolute atomic E-state index is 12.8. The number of hydrogen-bond donors (Lipinski definition) is 1. The summed E-state index contributed by atoms with van der Waals surface area (Å²) in [6.45, 7) is 2.27. The molecule has 1 atom stereocenters.